The molecule has 0 radical (unpaired) electrons. The van der Waals surface area contributed by atoms with Gasteiger partial charge in [0, 0.05) is 18.3 Å². The normalized spacial score (nSPS) is 15.3. The molecule has 1 aromatic heterocycles. The van der Waals surface area contributed by atoms with Crippen LogP contribution in [0, 0.1) is 15.3 Å². The first kappa shape index (κ1) is 22.2. The highest BCUT2D eigenvalue weighted by Crippen LogP contribution is 2.23. The Morgan fingerprint density at radius 2 is 1.79 bits per heavy atom. The highest BCUT2D eigenvalue weighted by molar-refractivity contribution is 8.15. The lowest BCUT2D eigenvalue weighted by atomic mass is 10.1. The van der Waals surface area contributed by atoms with Crippen LogP contribution in [0.3, 0.4) is 0 Å². The van der Waals surface area contributed by atoms with Crippen molar-refractivity contribution in [3.8, 4) is 5.75 Å². The zero-order chi connectivity index (χ0) is 21.2. The molecular weight excluding hydrogens is 398 g/mol. The molecule has 0 aliphatic carbocycles. The van der Waals surface area contributed by atoms with E-state index in [2.05, 4.69) is 23.3 Å². The van der Waals surface area contributed by atoms with E-state index in [1.54, 1.807) is 0 Å². The largest absolute Gasteiger partial charge is 0.493 e. The Labute approximate surface area is 171 Å². The topological polar surface area (TPSA) is 134 Å². The van der Waals surface area contributed by atoms with Gasteiger partial charge in [0.1, 0.15) is 5.75 Å². The lowest BCUT2D eigenvalue weighted by molar-refractivity contribution is -0.402. The predicted molar refractivity (Wildman–Crippen MR) is 108 cm³/mol. The molecule has 29 heavy (non-hydrogen) atoms. The van der Waals surface area contributed by atoms with Crippen molar-refractivity contribution in [1.29, 1.82) is 0 Å². The number of imide groups is 1. The fourth-order valence-corrected chi connectivity index (χ4v) is 3.41. The van der Waals surface area contributed by atoms with E-state index in [0.29, 0.717) is 13.0 Å². The number of amides is 2. The first-order chi connectivity index (χ1) is 13.9. The number of nitrogens with one attached hydrogen (secondary N) is 1. The third kappa shape index (κ3) is 7.78. The van der Waals surface area contributed by atoms with Crippen LogP contribution in [0.2, 0.25) is 0 Å². The van der Waals surface area contributed by atoms with Crippen molar-refractivity contribution in [2.75, 3.05) is 6.61 Å². The molecule has 154 valence electrons. The van der Waals surface area contributed by atoms with Crippen molar-refractivity contribution in [3.63, 3.8) is 0 Å². The van der Waals surface area contributed by atoms with Crippen LogP contribution in [-0.4, -0.2) is 33.1 Å². The average molecular weight is 418 g/mol. The van der Waals surface area contributed by atoms with Gasteiger partial charge in [-0.1, -0.05) is 36.9 Å². The highest BCUT2D eigenvalue weighted by atomic mass is 32.2. The van der Waals surface area contributed by atoms with Crippen molar-refractivity contribution in [2.45, 2.75) is 31.4 Å². The van der Waals surface area contributed by atoms with Gasteiger partial charge in [0.25, 0.3) is 5.24 Å². The maximum absolute atomic E-state index is 11.6. The molecule has 1 aliphatic heterocycles. The summed E-state index contributed by atoms with van der Waals surface area (Å²) >= 11 is 1.05. The minimum Gasteiger partial charge on any atom is -0.493 e. The van der Waals surface area contributed by atoms with Gasteiger partial charge in [-0.05, 0) is 42.2 Å². The maximum atomic E-state index is 11.6. The summed E-state index contributed by atoms with van der Waals surface area (Å²) in [6.45, 7) is 2.67. The van der Waals surface area contributed by atoms with Crippen molar-refractivity contribution >= 4 is 22.9 Å². The number of ether oxygens (including phenoxy) is 1. The minimum absolute atomic E-state index is 0.211. The molecule has 2 heterocycles. The number of aryl methyl sites for hydroxylation is 1. The molecule has 1 atom stereocenters. The van der Waals surface area contributed by atoms with Gasteiger partial charge in [0.05, 0.1) is 16.9 Å². The summed E-state index contributed by atoms with van der Waals surface area (Å²) in [6.07, 6.45) is 4.19. The Hall–Kier alpha value is -3.14. The number of hydrogen-bond acceptors (Lipinski definition) is 8. The van der Waals surface area contributed by atoms with E-state index in [9.17, 15) is 9.59 Å². The molecule has 1 unspecified atom stereocenters. The summed E-state index contributed by atoms with van der Waals surface area (Å²) in [5.41, 5.74) is 3.25. The SMILES string of the molecule is CCc1ccc(CCOc2ccc(CC3SC(=O)NC3=O)cc2)nc1.O=[N+]([O-])[O-]. The fourth-order valence-electron chi connectivity index (χ4n) is 2.55. The van der Waals surface area contributed by atoms with Gasteiger partial charge in [-0.2, -0.15) is 0 Å². The fraction of sp³-hybridized carbons (Fsp3) is 0.316. The summed E-state index contributed by atoms with van der Waals surface area (Å²) in [5, 5.41) is 16.4. The molecule has 3 rings (SSSR count). The van der Waals surface area contributed by atoms with Crippen molar-refractivity contribution in [1.82, 2.24) is 10.3 Å². The van der Waals surface area contributed by atoms with E-state index in [-0.39, 0.29) is 16.4 Å². The van der Waals surface area contributed by atoms with Crippen LogP contribution >= 0.6 is 11.8 Å². The Kier molecular flexibility index (Phi) is 8.41. The van der Waals surface area contributed by atoms with Crippen LogP contribution in [0.25, 0.3) is 0 Å². The Morgan fingerprint density at radius 3 is 2.31 bits per heavy atom. The molecule has 1 saturated heterocycles. The van der Waals surface area contributed by atoms with Crippen LogP contribution in [0.5, 0.6) is 5.75 Å². The standard InChI is InChI=1S/C19H20N2O3S.NO3/c1-2-13-3-6-15(20-12-13)9-10-24-16-7-4-14(5-8-16)11-17-18(22)21-19(23)25-17;2-1(3)4/h3-8,12,17H,2,9-11H2,1H3,(H,21,22,23);/q;-1. The summed E-state index contributed by atoms with van der Waals surface area (Å²) in [5.74, 6) is 0.574. The van der Waals surface area contributed by atoms with Gasteiger partial charge < -0.3 is 20.1 Å². The Bertz CT molecular complexity index is 838. The molecule has 9 nitrogen and oxygen atoms in total. The quantitative estimate of drug-likeness (QED) is 0.536. The van der Waals surface area contributed by atoms with Crippen LogP contribution < -0.4 is 10.1 Å². The lowest BCUT2D eigenvalue weighted by Crippen LogP contribution is -2.25. The first-order valence-electron chi connectivity index (χ1n) is 8.86. The minimum atomic E-state index is -1.75. The van der Waals surface area contributed by atoms with Gasteiger partial charge in [-0.15, -0.1) is 0 Å². The van der Waals surface area contributed by atoms with E-state index in [1.165, 1.54) is 5.56 Å². The molecule has 10 heteroatoms. The summed E-state index contributed by atoms with van der Waals surface area (Å²) in [7, 11) is 0. The van der Waals surface area contributed by atoms with E-state index in [4.69, 9.17) is 20.1 Å². The van der Waals surface area contributed by atoms with Crippen molar-refractivity contribution in [2.24, 2.45) is 0 Å². The number of aromatic nitrogens is 1. The van der Waals surface area contributed by atoms with Gasteiger partial charge in [0.15, 0.2) is 0 Å². The van der Waals surface area contributed by atoms with Crippen molar-refractivity contribution < 1.29 is 19.4 Å². The van der Waals surface area contributed by atoms with Crippen LogP contribution in [0.15, 0.2) is 42.6 Å². The molecule has 0 saturated carbocycles. The van der Waals surface area contributed by atoms with E-state index in [0.717, 1.165) is 41.6 Å². The van der Waals surface area contributed by atoms with E-state index in [1.807, 2.05) is 36.5 Å². The molecule has 2 aromatic rings. The molecule has 1 N–H and O–H groups in total. The van der Waals surface area contributed by atoms with Crippen LogP contribution in [0.4, 0.5) is 4.79 Å². The number of carbonyl (C=O) groups is 2. The second-order valence-electron chi connectivity index (χ2n) is 6.06. The number of thioether (sulfide) groups is 1. The van der Waals surface area contributed by atoms with Crippen molar-refractivity contribution in [3.05, 3.63) is 74.7 Å². The zero-order valence-electron chi connectivity index (χ0n) is 15.7. The molecule has 0 spiro atoms. The summed E-state index contributed by atoms with van der Waals surface area (Å²) in [4.78, 5) is 35.4. The molecule has 1 aliphatic rings. The smallest absolute Gasteiger partial charge is 0.286 e. The molecule has 0 bridgehead atoms. The number of hydrogen-bond donors (Lipinski definition) is 1. The summed E-state index contributed by atoms with van der Waals surface area (Å²) in [6, 6.07) is 11.8. The number of pyridine rings is 1. The molecule has 1 aromatic carbocycles. The van der Waals surface area contributed by atoms with Gasteiger partial charge >= 0.3 is 0 Å². The number of rotatable bonds is 7. The average Bonchev–Trinajstić information content (AvgIpc) is 3.00. The maximum Gasteiger partial charge on any atom is 0.286 e. The lowest BCUT2D eigenvalue weighted by Gasteiger charge is -2.09. The van der Waals surface area contributed by atoms with Crippen LogP contribution in [0.1, 0.15) is 23.7 Å². The van der Waals surface area contributed by atoms with Gasteiger partial charge in [-0.3, -0.25) is 19.9 Å². The van der Waals surface area contributed by atoms with E-state index < -0.39 is 5.09 Å². The second-order valence-corrected chi connectivity index (χ2v) is 7.24. The number of carbonyl (C=O) groups excluding carboxylic acids is 2. The third-order valence-electron chi connectivity index (χ3n) is 4.03. The molecular formula is C19H20N3O6S-. The Balaban J connectivity index is 0.000000687. The molecule has 1 fully saturated rings. The monoisotopic (exact) mass is 418 g/mol. The second kappa shape index (κ2) is 11.0. The van der Waals surface area contributed by atoms with Gasteiger partial charge in [0.2, 0.25) is 5.91 Å². The predicted octanol–water partition coefficient (Wildman–Crippen LogP) is 2.92. The summed E-state index contributed by atoms with van der Waals surface area (Å²) < 4.78 is 5.75. The number of benzene rings is 1. The highest BCUT2D eigenvalue weighted by Gasteiger charge is 2.31. The van der Waals surface area contributed by atoms with Gasteiger partial charge in [-0.25, -0.2) is 0 Å². The van der Waals surface area contributed by atoms with Crippen LogP contribution in [-0.2, 0) is 24.1 Å². The number of nitrogens with zero attached hydrogens (tertiary/aromatic N) is 2. The van der Waals surface area contributed by atoms with E-state index >= 15 is 0 Å². The third-order valence-corrected chi connectivity index (χ3v) is 5.01. The molecule has 2 amide bonds. The zero-order valence-corrected chi connectivity index (χ0v) is 16.5. The Morgan fingerprint density at radius 1 is 1.14 bits per heavy atom. The first-order valence-corrected chi connectivity index (χ1v) is 9.74.